The molecule has 0 fully saturated rings. The van der Waals surface area contributed by atoms with Crippen LogP contribution in [0.15, 0.2) is 6.20 Å². The van der Waals surface area contributed by atoms with Crippen LogP contribution in [0.5, 0.6) is 0 Å². The molecule has 1 heterocycles. The number of carbonyl (C=O) groups is 1. The Morgan fingerprint density at radius 2 is 2.25 bits per heavy atom. The van der Waals surface area contributed by atoms with Gasteiger partial charge >= 0.3 is 5.97 Å². The molecular formula is C9H9ClF2N2O2. The Kier molecular flexibility index (Phi) is 4.14. The Labute approximate surface area is 95.0 Å². The average Bonchev–Trinajstić information content (AvgIpc) is 2.19. The topological polar surface area (TPSA) is 76.2 Å². The summed E-state index contributed by atoms with van der Waals surface area (Å²) < 4.78 is 25.1. The van der Waals surface area contributed by atoms with Gasteiger partial charge in [0.1, 0.15) is 5.69 Å². The van der Waals surface area contributed by atoms with E-state index in [9.17, 15) is 13.6 Å². The molecule has 7 heteroatoms. The second kappa shape index (κ2) is 5.18. The predicted octanol–water partition coefficient (Wildman–Crippen LogP) is 1.76. The molecule has 0 unspecified atom stereocenters. The van der Waals surface area contributed by atoms with Gasteiger partial charge in [-0.1, -0.05) is 11.6 Å². The molecule has 0 aromatic carbocycles. The molecule has 1 aromatic rings. The van der Waals surface area contributed by atoms with Gasteiger partial charge in [0.05, 0.1) is 11.4 Å². The number of pyridine rings is 1. The van der Waals surface area contributed by atoms with Crippen LogP contribution in [0.4, 0.5) is 8.78 Å². The largest absolute Gasteiger partial charge is 0.481 e. The summed E-state index contributed by atoms with van der Waals surface area (Å²) in [5, 5.41) is 8.55. The van der Waals surface area contributed by atoms with Crippen LogP contribution >= 0.6 is 11.6 Å². The Balaban J connectivity index is 3.30. The Morgan fingerprint density at radius 1 is 1.62 bits per heavy atom. The van der Waals surface area contributed by atoms with Gasteiger partial charge < -0.3 is 10.8 Å². The second-order valence-electron chi connectivity index (χ2n) is 3.04. The molecule has 0 atom stereocenters. The first-order valence-corrected chi connectivity index (χ1v) is 4.71. The first-order chi connectivity index (χ1) is 7.47. The van der Waals surface area contributed by atoms with Crippen molar-refractivity contribution in [3.05, 3.63) is 28.0 Å². The molecule has 0 radical (unpaired) electrons. The molecule has 0 amide bonds. The van der Waals surface area contributed by atoms with Gasteiger partial charge in [-0.15, -0.1) is 0 Å². The van der Waals surface area contributed by atoms with Crippen molar-refractivity contribution in [3.8, 4) is 0 Å². The lowest BCUT2D eigenvalue weighted by Crippen LogP contribution is -2.10. The van der Waals surface area contributed by atoms with Crippen molar-refractivity contribution in [2.45, 2.75) is 19.4 Å². The zero-order valence-electron chi connectivity index (χ0n) is 8.08. The Bertz CT molecular complexity index is 413. The summed E-state index contributed by atoms with van der Waals surface area (Å²) in [6.45, 7) is 0.0158. The molecule has 0 aliphatic heterocycles. The molecule has 0 bridgehead atoms. The molecule has 88 valence electrons. The van der Waals surface area contributed by atoms with Crippen LogP contribution in [-0.4, -0.2) is 16.1 Å². The van der Waals surface area contributed by atoms with E-state index in [1.807, 2.05) is 0 Å². The van der Waals surface area contributed by atoms with Crippen LogP contribution in [0, 0.1) is 0 Å². The summed E-state index contributed by atoms with van der Waals surface area (Å²) in [4.78, 5) is 14.0. The van der Waals surface area contributed by atoms with Crippen LogP contribution in [0.3, 0.4) is 0 Å². The fraction of sp³-hybridized carbons (Fsp3) is 0.333. The van der Waals surface area contributed by atoms with Crippen LogP contribution < -0.4 is 5.73 Å². The van der Waals surface area contributed by atoms with Gasteiger partial charge in [-0.25, -0.2) is 8.78 Å². The van der Waals surface area contributed by atoms with Crippen molar-refractivity contribution in [1.29, 1.82) is 0 Å². The van der Waals surface area contributed by atoms with E-state index in [1.54, 1.807) is 0 Å². The van der Waals surface area contributed by atoms with Crippen molar-refractivity contribution in [2.75, 3.05) is 0 Å². The maximum atomic E-state index is 12.5. The zero-order valence-corrected chi connectivity index (χ0v) is 8.84. The first-order valence-electron chi connectivity index (χ1n) is 4.33. The Morgan fingerprint density at radius 3 is 2.69 bits per heavy atom. The SMILES string of the molecule is NCc1cnc(C(F)F)c(CC(=O)O)c1Cl. The molecule has 16 heavy (non-hydrogen) atoms. The van der Waals surface area contributed by atoms with Crippen molar-refractivity contribution < 1.29 is 18.7 Å². The monoisotopic (exact) mass is 250 g/mol. The van der Waals surface area contributed by atoms with Crippen LogP contribution in [-0.2, 0) is 17.8 Å². The third-order valence-electron chi connectivity index (χ3n) is 1.97. The first kappa shape index (κ1) is 12.8. The fourth-order valence-corrected chi connectivity index (χ4v) is 1.53. The summed E-state index contributed by atoms with van der Waals surface area (Å²) >= 11 is 5.79. The highest BCUT2D eigenvalue weighted by atomic mass is 35.5. The maximum absolute atomic E-state index is 12.5. The highest BCUT2D eigenvalue weighted by molar-refractivity contribution is 6.32. The minimum Gasteiger partial charge on any atom is -0.481 e. The molecule has 1 rings (SSSR count). The molecule has 0 saturated heterocycles. The zero-order chi connectivity index (χ0) is 12.3. The van der Waals surface area contributed by atoms with E-state index in [0.29, 0.717) is 5.56 Å². The maximum Gasteiger partial charge on any atom is 0.307 e. The number of nitrogens with two attached hydrogens (primary N) is 1. The van der Waals surface area contributed by atoms with Gasteiger partial charge in [-0.2, -0.15) is 0 Å². The molecule has 1 aromatic heterocycles. The number of aliphatic carboxylic acids is 1. The average molecular weight is 251 g/mol. The van der Waals surface area contributed by atoms with Crippen LogP contribution in [0.1, 0.15) is 23.2 Å². The predicted molar refractivity (Wildman–Crippen MR) is 53.4 cm³/mol. The molecule has 0 aliphatic carbocycles. The van der Waals surface area contributed by atoms with Crippen molar-refractivity contribution in [1.82, 2.24) is 4.98 Å². The van der Waals surface area contributed by atoms with Gasteiger partial charge in [0, 0.05) is 23.9 Å². The van der Waals surface area contributed by atoms with Gasteiger partial charge in [0.2, 0.25) is 0 Å². The van der Waals surface area contributed by atoms with Gasteiger partial charge in [0.25, 0.3) is 6.43 Å². The molecule has 0 spiro atoms. The molecule has 0 aliphatic rings. The number of alkyl halides is 2. The van der Waals surface area contributed by atoms with Gasteiger partial charge in [0.15, 0.2) is 0 Å². The lowest BCUT2D eigenvalue weighted by Gasteiger charge is -2.11. The van der Waals surface area contributed by atoms with Crippen LogP contribution in [0.25, 0.3) is 0 Å². The third kappa shape index (κ3) is 2.65. The molecule has 3 N–H and O–H groups in total. The van der Waals surface area contributed by atoms with E-state index in [4.69, 9.17) is 22.4 Å². The number of halogens is 3. The summed E-state index contributed by atoms with van der Waals surface area (Å²) in [5.74, 6) is -1.25. The summed E-state index contributed by atoms with van der Waals surface area (Å²) in [6, 6.07) is 0. The third-order valence-corrected chi connectivity index (χ3v) is 2.44. The summed E-state index contributed by atoms with van der Waals surface area (Å²) in [5.41, 5.74) is 4.89. The molecular weight excluding hydrogens is 242 g/mol. The lowest BCUT2D eigenvalue weighted by molar-refractivity contribution is -0.136. The number of nitrogens with zero attached hydrogens (tertiary/aromatic N) is 1. The van der Waals surface area contributed by atoms with E-state index < -0.39 is 24.5 Å². The Hall–Kier alpha value is -1.27. The van der Waals surface area contributed by atoms with E-state index in [1.165, 1.54) is 0 Å². The number of hydrogen-bond donors (Lipinski definition) is 2. The van der Waals surface area contributed by atoms with Crippen molar-refractivity contribution >= 4 is 17.6 Å². The lowest BCUT2D eigenvalue weighted by atomic mass is 10.1. The van der Waals surface area contributed by atoms with Crippen molar-refractivity contribution in [3.63, 3.8) is 0 Å². The normalized spacial score (nSPS) is 10.8. The summed E-state index contributed by atoms with van der Waals surface area (Å²) in [7, 11) is 0. The standard InChI is InChI=1S/C9H9ClF2N2O2/c10-7-4(2-13)3-14-8(9(11)12)5(7)1-6(15)16/h3,9H,1-2,13H2,(H,15,16). The van der Waals surface area contributed by atoms with Crippen LogP contribution in [0.2, 0.25) is 5.02 Å². The minimum atomic E-state index is -2.86. The van der Waals surface area contributed by atoms with Crippen molar-refractivity contribution in [2.24, 2.45) is 5.73 Å². The van der Waals surface area contributed by atoms with Gasteiger partial charge in [-0.3, -0.25) is 9.78 Å². The quantitative estimate of drug-likeness (QED) is 0.854. The fourth-order valence-electron chi connectivity index (χ4n) is 1.24. The molecule has 4 nitrogen and oxygen atoms in total. The van der Waals surface area contributed by atoms with E-state index in [0.717, 1.165) is 6.20 Å². The minimum absolute atomic E-state index is 0.0158. The number of carboxylic acid groups (broad SMARTS) is 1. The number of rotatable bonds is 4. The van der Waals surface area contributed by atoms with E-state index in [-0.39, 0.29) is 17.1 Å². The highest BCUT2D eigenvalue weighted by Crippen LogP contribution is 2.29. The summed E-state index contributed by atoms with van der Waals surface area (Å²) in [6.07, 6.45) is -2.33. The number of carboxylic acids is 1. The van der Waals surface area contributed by atoms with E-state index in [2.05, 4.69) is 4.98 Å². The second-order valence-corrected chi connectivity index (χ2v) is 3.41. The van der Waals surface area contributed by atoms with Gasteiger partial charge in [-0.05, 0) is 0 Å². The highest BCUT2D eigenvalue weighted by Gasteiger charge is 2.21. The molecule has 0 saturated carbocycles. The number of aromatic nitrogens is 1. The number of hydrogen-bond acceptors (Lipinski definition) is 3. The smallest absolute Gasteiger partial charge is 0.307 e. The van der Waals surface area contributed by atoms with E-state index >= 15 is 0 Å².